The van der Waals surface area contributed by atoms with Crippen molar-refractivity contribution >= 4 is 58.0 Å². The van der Waals surface area contributed by atoms with Crippen molar-refractivity contribution in [3.8, 4) is 0 Å². The summed E-state index contributed by atoms with van der Waals surface area (Å²) >= 11 is 0. The quantitative estimate of drug-likeness (QED) is 0.0848. The number of nitrogens with zero attached hydrogens (tertiary/aromatic N) is 16. The lowest BCUT2D eigenvalue weighted by atomic mass is 9.91. The second-order valence-corrected chi connectivity index (χ2v) is 36.3. The number of carbonyl (C=O) groups excluding carboxylic acids is 8. The molecule has 8 saturated heterocycles. The highest BCUT2D eigenvalue weighted by Crippen LogP contribution is 2.23. The Morgan fingerprint density at radius 1 is 0.317 bits per heavy atom. The van der Waals surface area contributed by atoms with Crippen LogP contribution < -0.4 is 0 Å². The van der Waals surface area contributed by atoms with Gasteiger partial charge in [0.25, 0.3) is 11.8 Å². The van der Waals surface area contributed by atoms with E-state index in [9.17, 15) is 38.4 Å². The summed E-state index contributed by atoms with van der Waals surface area (Å²) in [7, 11) is 16.8. The molecule has 0 bridgehead atoms. The standard InChI is InChI=1S/C16H18N2O.2C14H20N2O.C13H18N2O.3C11H22N2O.C9H18N2O/c1-17-8-10-18(11-9-17)16(19)15-7-6-13-4-2-3-5-14(13)12-15;1-12-4-3-5-13(10-12)11-14(17)16-8-6-15(2)7-9-16;1-12-5-3-4-6-13(12)11-14(17)16-9-7-15(2)8-10-16;1-11-5-3-4-6-12(11)13(16)15-9-7-14(2)8-10-15;1-11(2,3)9-10(14)13-7-5-12(4)6-8-13;1-4-10(5-2)11(14)13-8-6-12(3)7-9-13;1-3-4-5-6-11(14)13-9-7-12(2)8-10-13;1-3-4-9(12)11-7-5-10(2)6-8-11/h2-7,12H,8-11H2,1H3;3-5,10H,6-9,11H2,1-2H3;3-6H,7-11H2,1-2H3;3-6H,7-10H2,1-2H3;5-9H2,1-4H3;10H,4-9H2,1-3H3;3-10H2,1-2H3;3-8H2,1-2H3. The Hall–Kier alpha value is -8.20. The van der Waals surface area contributed by atoms with Crippen LogP contribution in [0.25, 0.3) is 10.8 Å². The molecule has 8 aliphatic heterocycles. The Kier molecular flexibility index (Phi) is 46.6. The highest BCUT2D eigenvalue weighted by Gasteiger charge is 2.29. The number of unbranched alkanes of at least 4 members (excludes halogenated alkanes) is 2. The van der Waals surface area contributed by atoms with Gasteiger partial charge >= 0.3 is 0 Å². The maximum absolute atomic E-state index is 12.5. The fraction of sp³-hybridized carbons (Fsp3) is 0.636. The van der Waals surface area contributed by atoms with E-state index in [0.29, 0.717) is 49.3 Å². The molecule has 8 fully saturated rings. The first-order chi connectivity index (χ1) is 58.8. The van der Waals surface area contributed by atoms with E-state index in [4.69, 9.17) is 0 Å². The number of benzene rings is 5. The van der Waals surface area contributed by atoms with Gasteiger partial charge < -0.3 is 78.4 Å². The summed E-state index contributed by atoms with van der Waals surface area (Å²) in [6.07, 6.45) is 9.53. The molecule has 0 radical (unpaired) electrons. The van der Waals surface area contributed by atoms with Crippen LogP contribution >= 0.6 is 0 Å². The minimum atomic E-state index is 0.112. The molecule has 24 heteroatoms. The van der Waals surface area contributed by atoms with E-state index >= 15 is 0 Å². The van der Waals surface area contributed by atoms with Crippen LogP contribution in [0.3, 0.4) is 0 Å². The topological polar surface area (TPSA) is 188 Å². The molecule has 123 heavy (non-hydrogen) atoms. The van der Waals surface area contributed by atoms with Crippen LogP contribution in [0, 0.1) is 32.1 Å². The normalized spacial score (nSPS) is 18.1. The van der Waals surface area contributed by atoms with E-state index in [1.54, 1.807) is 0 Å². The van der Waals surface area contributed by atoms with E-state index in [2.05, 4.69) is 181 Å². The number of rotatable bonds is 16. The van der Waals surface area contributed by atoms with E-state index in [0.717, 1.165) is 275 Å². The van der Waals surface area contributed by atoms with Gasteiger partial charge in [0.1, 0.15) is 0 Å². The second-order valence-electron chi connectivity index (χ2n) is 36.3. The molecule has 8 heterocycles. The molecule has 684 valence electrons. The number of likely N-dealkylation sites (N-methyl/N-ethyl adjacent to an activating group) is 8. The maximum atomic E-state index is 12.5. The van der Waals surface area contributed by atoms with Crippen molar-refractivity contribution < 1.29 is 38.4 Å². The van der Waals surface area contributed by atoms with Gasteiger partial charge in [0.2, 0.25) is 35.4 Å². The maximum Gasteiger partial charge on any atom is 0.254 e. The van der Waals surface area contributed by atoms with Crippen LogP contribution in [0.2, 0.25) is 0 Å². The average molecular weight is 1700 g/mol. The Bertz CT molecular complexity index is 3940. The monoisotopic (exact) mass is 1700 g/mol. The summed E-state index contributed by atoms with van der Waals surface area (Å²) in [5, 5.41) is 2.31. The van der Waals surface area contributed by atoms with Crippen molar-refractivity contribution in [1.29, 1.82) is 0 Å². The van der Waals surface area contributed by atoms with Gasteiger partial charge in [0, 0.05) is 246 Å². The number of hydrogen-bond acceptors (Lipinski definition) is 16. The zero-order valence-corrected chi connectivity index (χ0v) is 79.4. The molecule has 13 rings (SSSR count). The minimum absolute atomic E-state index is 0.112. The summed E-state index contributed by atoms with van der Waals surface area (Å²) < 4.78 is 0. The van der Waals surface area contributed by atoms with Crippen LogP contribution in [0.15, 0.2) is 115 Å². The van der Waals surface area contributed by atoms with Crippen molar-refractivity contribution in [2.75, 3.05) is 266 Å². The SMILES string of the molecule is CCC(CC)C(=O)N1CCN(C)CC1.CCCC(=O)N1CCN(C)CC1.CCCCCC(=O)N1CCN(C)CC1.CN1CCN(C(=O)CC(C)(C)C)CC1.CN1CCN(C(=O)c2ccc3ccccc3c2)CC1.Cc1cccc(CC(=O)N2CCN(C)CC2)c1.Cc1ccccc1C(=O)N1CCN(C)CC1.Cc1ccccc1CC(=O)N1CCN(C)CC1. The van der Waals surface area contributed by atoms with E-state index in [-0.39, 0.29) is 35.0 Å². The fourth-order valence-corrected chi connectivity index (χ4v) is 15.5. The summed E-state index contributed by atoms with van der Waals surface area (Å²) in [6.45, 7) is 50.9. The van der Waals surface area contributed by atoms with E-state index < -0.39 is 0 Å². The predicted octanol–water partition coefficient (Wildman–Crippen LogP) is 10.5. The van der Waals surface area contributed by atoms with Crippen LogP contribution in [0.4, 0.5) is 0 Å². The van der Waals surface area contributed by atoms with Gasteiger partial charge in [-0.2, -0.15) is 0 Å². The average Bonchev–Trinajstić information content (AvgIpc) is 0.827. The smallest absolute Gasteiger partial charge is 0.254 e. The van der Waals surface area contributed by atoms with Gasteiger partial charge in [-0.05, 0) is 159 Å². The lowest BCUT2D eigenvalue weighted by molar-refractivity contribution is -0.137. The highest BCUT2D eigenvalue weighted by molar-refractivity contribution is 5.99. The highest BCUT2D eigenvalue weighted by atomic mass is 16.2. The lowest BCUT2D eigenvalue weighted by Gasteiger charge is -2.34. The zero-order valence-electron chi connectivity index (χ0n) is 79.4. The molecule has 8 amide bonds. The number of fused-ring (bicyclic) bond motifs is 1. The van der Waals surface area contributed by atoms with Gasteiger partial charge in [0.15, 0.2) is 0 Å². The van der Waals surface area contributed by atoms with Crippen LogP contribution in [0.5, 0.6) is 0 Å². The molecule has 5 aromatic carbocycles. The molecule has 24 nitrogen and oxygen atoms in total. The van der Waals surface area contributed by atoms with Crippen LogP contribution in [-0.4, -0.2) is 391 Å². The van der Waals surface area contributed by atoms with Crippen LogP contribution in [0.1, 0.15) is 155 Å². The number of piperazine rings is 8. The third-order valence-corrected chi connectivity index (χ3v) is 24.6. The molecule has 0 N–H and O–H groups in total. The molecule has 0 saturated carbocycles. The Balaban J connectivity index is 0.000000218. The molecule has 5 aromatic rings. The number of aryl methyl sites for hydroxylation is 3. The van der Waals surface area contributed by atoms with Crippen molar-refractivity contribution in [3.63, 3.8) is 0 Å². The largest absolute Gasteiger partial charge is 0.340 e. The first-order valence-electron chi connectivity index (χ1n) is 46.2. The number of carbonyl (C=O) groups is 8. The minimum Gasteiger partial charge on any atom is -0.340 e. The van der Waals surface area contributed by atoms with E-state index in [1.807, 2.05) is 138 Å². The molecule has 0 spiro atoms. The first kappa shape index (κ1) is 104. The van der Waals surface area contributed by atoms with Gasteiger partial charge in [-0.25, -0.2) is 0 Å². The van der Waals surface area contributed by atoms with Crippen molar-refractivity contribution in [2.45, 2.75) is 140 Å². The predicted molar refractivity (Wildman–Crippen MR) is 503 cm³/mol. The summed E-state index contributed by atoms with van der Waals surface area (Å²) in [5.41, 5.74) is 7.50. The fourth-order valence-electron chi connectivity index (χ4n) is 15.5. The first-order valence-corrected chi connectivity index (χ1v) is 46.2. The van der Waals surface area contributed by atoms with E-state index in [1.165, 1.54) is 29.4 Å². The molecular weight excluding hydrogens is 1540 g/mol. The molecular formula is C99H160N16O8. The Morgan fingerprint density at radius 2 is 0.683 bits per heavy atom. The molecule has 8 aliphatic rings. The Labute approximate surface area is 742 Å². The van der Waals surface area contributed by atoms with Crippen molar-refractivity contribution in [3.05, 3.63) is 154 Å². The van der Waals surface area contributed by atoms with Crippen molar-refractivity contribution in [2.24, 2.45) is 11.3 Å². The lowest BCUT2D eigenvalue weighted by Crippen LogP contribution is -2.48. The number of amides is 8. The molecule has 0 aliphatic carbocycles. The molecule has 0 unspecified atom stereocenters. The Morgan fingerprint density at radius 3 is 1.09 bits per heavy atom. The van der Waals surface area contributed by atoms with Gasteiger partial charge in [-0.15, -0.1) is 0 Å². The number of hydrogen-bond donors (Lipinski definition) is 0. The summed E-state index contributed by atoms with van der Waals surface area (Å²) in [6, 6.07) is 38.2. The summed E-state index contributed by atoms with van der Waals surface area (Å²) in [4.78, 5) is 130. The third-order valence-electron chi connectivity index (χ3n) is 24.6. The van der Waals surface area contributed by atoms with Crippen LogP contribution in [-0.2, 0) is 41.6 Å². The molecule has 0 aromatic heterocycles. The van der Waals surface area contributed by atoms with Gasteiger partial charge in [-0.3, -0.25) is 38.4 Å². The third kappa shape index (κ3) is 38.3. The molecule has 0 atom stereocenters. The van der Waals surface area contributed by atoms with Crippen molar-refractivity contribution in [1.82, 2.24) is 78.4 Å². The zero-order chi connectivity index (χ0) is 90.0. The summed E-state index contributed by atoms with van der Waals surface area (Å²) in [5.74, 6) is 2.44. The van der Waals surface area contributed by atoms with Gasteiger partial charge in [-0.1, -0.05) is 164 Å². The van der Waals surface area contributed by atoms with Gasteiger partial charge in [0.05, 0.1) is 12.8 Å². The second kappa shape index (κ2) is 55.3.